The quantitative estimate of drug-likeness (QED) is 0.116. The van der Waals surface area contributed by atoms with Gasteiger partial charge in [-0.2, -0.15) is 0 Å². The number of unbranched alkanes of at least 4 members (excludes halogenated alkanes) is 3. The number of aromatic amines is 1. The Balaban J connectivity index is 1.48. The molecule has 1 atom stereocenters. The van der Waals surface area contributed by atoms with Gasteiger partial charge in [0.15, 0.2) is 5.82 Å². The van der Waals surface area contributed by atoms with Crippen molar-refractivity contribution in [3.05, 3.63) is 82.4 Å². The van der Waals surface area contributed by atoms with E-state index < -0.39 is 0 Å². The number of hydrogen-bond donors (Lipinski definition) is 2. The van der Waals surface area contributed by atoms with Gasteiger partial charge in [-0.3, -0.25) is 9.59 Å². The summed E-state index contributed by atoms with van der Waals surface area (Å²) in [5, 5.41) is 16.9. The van der Waals surface area contributed by atoms with E-state index in [0.717, 1.165) is 49.7 Å². The number of benzene rings is 1. The Morgan fingerprint density at radius 2 is 1.57 bits per heavy atom. The lowest BCUT2D eigenvalue weighted by Crippen LogP contribution is -2.29. The Labute approximate surface area is 261 Å². The zero-order valence-electron chi connectivity index (χ0n) is 26.9. The number of fused-ring (bicyclic) bond motifs is 1. The Kier molecular flexibility index (Phi) is 12.7. The number of aromatic nitrogens is 5. The van der Waals surface area contributed by atoms with Crippen LogP contribution in [-0.4, -0.2) is 61.2 Å². The largest absolute Gasteiger partial charge is 0.342 e. The number of pyridine rings is 1. The molecule has 0 bridgehead atoms. The number of hydrogen-bond acceptors (Lipinski definition) is 6. The van der Waals surface area contributed by atoms with Crippen LogP contribution in [0.25, 0.3) is 5.52 Å². The van der Waals surface area contributed by atoms with E-state index in [1.165, 1.54) is 44.3 Å². The molecule has 0 spiro atoms. The van der Waals surface area contributed by atoms with Crippen molar-refractivity contribution in [2.75, 3.05) is 19.6 Å². The maximum absolute atomic E-state index is 13.9. The van der Waals surface area contributed by atoms with Gasteiger partial charge in [0, 0.05) is 22.8 Å². The van der Waals surface area contributed by atoms with Gasteiger partial charge in [-0.25, -0.2) is 5.10 Å². The van der Waals surface area contributed by atoms with E-state index in [4.69, 9.17) is 0 Å². The molecule has 0 saturated heterocycles. The number of carbonyl (C=O) groups excluding carboxylic acids is 2. The lowest BCUT2D eigenvalue weighted by Gasteiger charge is -2.21. The van der Waals surface area contributed by atoms with Crippen LogP contribution >= 0.6 is 0 Å². The lowest BCUT2D eigenvalue weighted by atomic mass is 10.00. The zero-order valence-corrected chi connectivity index (χ0v) is 26.9. The van der Waals surface area contributed by atoms with Crippen molar-refractivity contribution < 1.29 is 9.59 Å². The Morgan fingerprint density at radius 1 is 0.864 bits per heavy atom. The molecule has 0 fully saturated rings. The maximum atomic E-state index is 13.9. The summed E-state index contributed by atoms with van der Waals surface area (Å²) in [6, 6.07) is 13.5. The van der Waals surface area contributed by atoms with Crippen molar-refractivity contribution in [1.82, 2.24) is 35.2 Å². The third-order valence-electron chi connectivity index (χ3n) is 8.35. The normalized spacial score (nSPS) is 12.2. The van der Waals surface area contributed by atoms with Crippen molar-refractivity contribution >= 4 is 17.2 Å². The number of ketones is 1. The molecule has 0 aliphatic heterocycles. The highest BCUT2D eigenvalue weighted by Gasteiger charge is 2.22. The van der Waals surface area contributed by atoms with Gasteiger partial charge in [-0.15, -0.1) is 5.10 Å². The van der Waals surface area contributed by atoms with Crippen LogP contribution in [0.3, 0.4) is 0 Å². The van der Waals surface area contributed by atoms with Crippen LogP contribution in [0.15, 0.2) is 48.7 Å². The number of tetrazole rings is 1. The molecule has 0 aliphatic carbocycles. The molecule has 1 unspecified atom stereocenters. The molecule has 0 aliphatic rings. The number of nitrogens with one attached hydrogen (secondary N) is 2. The summed E-state index contributed by atoms with van der Waals surface area (Å²) in [6.07, 6.45) is 12.4. The minimum atomic E-state index is -0.318. The number of aryl methyl sites for hydroxylation is 2. The molecule has 1 amide bonds. The van der Waals surface area contributed by atoms with Gasteiger partial charge in [0.2, 0.25) is 5.78 Å². The summed E-state index contributed by atoms with van der Waals surface area (Å²) in [7, 11) is 0. The smallest absolute Gasteiger partial charge is 0.252 e. The molecule has 1 aromatic carbocycles. The van der Waals surface area contributed by atoms with Gasteiger partial charge >= 0.3 is 0 Å². The van der Waals surface area contributed by atoms with Crippen molar-refractivity contribution in [2.45, 2.75) is 97.9 Å². The Bertz CT molecular complexity index is 1450. The molecule has 0 radical (unpaired) electrons. The first kappa shape index (κ1) is 33.1. The fraction of sp³-hybridized carbons (Fsp3) is 0.514. The Hall–Kier alpha value is -3.85. The van der Waals surface area contributed by atoms with Crippen LogP contribution in [0.4, 0.5) is 0 Å². The molecular weight excluding hydrogens is 550 g/mol. The average molecular weight is 600 g/mol. The van der Waals surface area contributed by atoms with Crippen molar-refractivity contribution in [2.24, 2.45) is 0 Å². The fourth-order valence-electron chi connectivity index (χ4n) is 5.67. The first-order valence-corrected chi connectivity index (χ1v) is 16.5. The zero-order chi connectivity index (χ0) is 31.3. The van der Waals surface area contributed by atoms with Gasteiger partial charge in [0.1, 0.15) is 0 Å². The third-order valence-corrected chi connectivity index (χ3v) is 8.35. The molecule has 4 rings (SSSR count). The van der Waals surface area contributed by atoms with Crippen molar-refractivity contribution in [3.63, 3.8) is 0 Å². The minimum absolute atomic E-state index is 0.00836. The van der Waals surface area contributed by atoms with Crippen LogP contribution in [0.2, 0.25) is 0 Å². The molecule has 44 heavy (non-hydrogen) atoms. The van der Waals surface area contributed by atoms with E-state index in [1.54, 1.807) is 6.07 Å². The van der Waals surface area contributed by atoms with Gasteiger partial charge in [-0.1, -0.05) is 71.2 Å². The van der Waals surface area contributed by atoms with E-state index in [-0.39, 0.29) is 17.7 Å². The SMILES string of the molecule is CCCCc1cc2cc(C(=O)NC(CC)c3nnn[nH]3)ccn2c1C(=O)c1ccc(CCCN(CCCC)CCCC)cc1. The van der Waals surface area contributed by atoms with Crippen LogP contribution in [0.1, 0.15) is 128 Å². The molecule has 4 aromatic rings. The van der Waals surface area contributed by atoms with Crippen LogP contribution in [0, 0.1) is 0 Å². The predicted octanol–water partition coefficient (Wildman–Crippen LogP) is 6.74. The lowest BCUT2D eigenvalue weighted by molar-refractivity contribution is 0.0933. The van der Waals surface area contributed by atoms with Crippen LogP contribution < -0.4 is 5.32 Å². The first-order chi connectivity index (χ1) is 21.5. The molecule has 236 valence electrons. The molecule has 9 heteroatoms. The van der Waals surface area contributed by atoms with Crippen LogP contribution in [0.5, 0.6) is 0 Å². The van der Waals surface area contributed by atoms with Crippen LogP contribution in [-0.2, 0) is 12.8 Å². The van der Waals surface area contributed by atoms with E-state index in [2.05, 4.69) is 69.8 Å². The van der Waals surface area contributed by atoms with Gasteiger partial charge < -0.3 is 14.6 Å². The van der Waals surface area contributed by atoms with Gasteiger partial charge in [0.25, 0.3) is 5.91 Å². The number of H-pyrrole nitrogens is 1. The summed E-state index contributed by atoms with van der Waals surface area (Å²) in [5.74, 6) is 0.315. The summed E-state index contributed by atoms with van der Waals surface area (Å²) in [4.78, 5) is 29.7. The second-order valence-electron chi connectivity index (χ2n) is 11.7. The highest BCUT2D eigenvalue weighted by atomic mass is 16.1. The summed E-state index contributed by atoms with van der Waals surface area (Å²) in [5.41, 5.74) is 4.99. The van der Waals surface area contributed by atoms with Gasteiger partial charge in [-0.05, 0) is 104 Å². The van der Waals surface area contributed by atoms with Gasteiger partial charge in [0.05, 0.1) is 11.7 Å². The highest BCUT2D eigenvalue weighted by Crippen LogP contribution is 2.24. The second kappa shape index (κ2) is 16.9. The third kappa shape index (κ3) is 8.62. The highest BCUT2D eigenvalue weighted by molar-refractivity contribution is 6.10. The molecule has 2 N–H and O–H groups in total. The minimum Gasteiger partial charge on any atom is -0.342 e. The van der Waals surface area contributed by atoms with Crippen molar-refractivity contribution in [1.29, 1.82) is 0 Å². The molecule has 3 heterocycles. The number of amides is 1. The summed E-state index contributed by atoms with van der Waals surface area (Å²) in [6.45, 7) is 12.1. The topological polar surface area (TPSA) is 108 Å². The Morgan fingerprint density at radius 3 is 2.20 bits per heavy atom. The molecule has 3 aromatic heterocycles. The number of carbonyl (C=O) groups is 2. The molecule has 0 saturated carbocycles. The summed E-state index contributed by atoms with van der Waals surface area (Å²) >= 11 is 0. The molecular formula is C35H49N7O2. The van der Waals surface area contributed by atoms with Crippen molar-refractivity contribution in [3.8, 4) is 0 Å². The van der Waals surface area contributed by atoms with E-state index in [9.17, 15) is 9.59 Å². The number of rotatable bonds is 19. The first-order valence-electron chi connectivity index (χ1n) is 16.5. The average Bonchev–Trinajstić information content (AvgIpc) is 3.71. The number of nitrogens with zero attached hydrogens (tertiary/aromatic N) is 5. The summed E-state index contributed by atoms with van der Waals surface area (Å²) < 4.78 is 1.93. The monoisotopic (exact) mass is 599 g/mol. The standard InChI is InChI=1S/C35H49N7O2/c1-5-9-14-28-24-30-25-29(35(44)36-31(8-4)34-37-39-40-38-34)19-23-42(30)32(28)33(43)27-17-15-26(16-18-27)13-12-22-41(20-10-6-2)21-11-7-3/h15-19,23-25,31H,5-14,20-22H2,1-4H3,(H,36,44)(H,37,38,39,40). The predicted molar refractivity (Wildman–Crippen MR) is 175 cm³/mol. The van der Waals surface area contributed by atoms with E-state index >= 15 is 0 Å². The van der Waals surface area contributed by atoms with E-state index in [1.807, 2.05) is 35.7 Å². The van der Waals surface area contributed by atoms with E-state index in [0.29, 0.717) is 29.1 Å². The fourth-order valence-corrected chi connectivity index (χ4v) is 5.67. The second-order valence-corrected chi connectivity index (χ2v) is 11.7. The molecule has 9 nitrogen and oxygen atoms in total. The maximum Gasteiger partial charge on any atom is 0.252 e.